The van der Waals surface area contributed by atoms with Gasteiger partial charge < -0.3 is 4.57 Å². The molecule has 0 spiro atoms. The number of imidazole rings is 1. The smallest absolute Gasteiger partial charge is 0.125 e. The highest BCUT2D eigenvalue weighted by Gasteiger charge is 2.27. The van der Waals surface area contributed by atoms with E-state index in [0.717, 1.165) is 16.9 Å². The van der Waals surface area contributed by atoms with Crippen LogP contribution in [0.15, 0.2) is 18.5 Å². The van der Waals surface area contributed by atoms with Gasteiger partial charge in [-0.25, -0.2) is 4.98 Å². The van der Waals surface area contributed by atoms with Gasteiger partial charge in [0.15, 0.2) is 0 Å². The lowest BCUT2D eigenvalue weighted by Crippen LogP contribution is -1.98. The zero-order valence-corrected chi connectivity index (χ0v) is 8.41. The fourth-order valence-electron chi connectivity index (χ4n) is 1.84. The standard InChI is InChI=1S/C10H10ClN3/c11-5-10-13-8-6-12-4-3-9(8)14(10)7-1-2-7/h3-4,6-7H,1-2,5H2. The molecule has 0 amide bonds. The van der Waals surface area contributed by atoms with E-state index < -0.39 is 0 Å². The van der Waals surface area contributed by atoms with Crippen molar-refractivity contribution < 1.29 is 0 Å². The maximum Gasteiger partial charge on any atom is 0.125 e. The van der Waals surface area contributed by atoms with Gasteiger partial charge in [0.05, 0.1) is 17.6 Å². The van der Waals surface area contributed by atoms with Crippen molar-refractivity contribution in [3.05, 3.63) is 24.3 Å². The minimum Gasteiger partial charge on any atom is -0.324 e. The van der Waals surface area contributed by atoms with Crippen molar-refractivity contribution >= 4 is 22.6 Å². The van der Waals surface area contributed by atoms with E-state index >= 15 is 0 Å². The van der Waals surface area contributed by atoms with Gasteiger partial charge in [-0.1, -0.05) is 0 Å². The van der Waals surface area contributed by atoms with Gasteiger partial charge in [-0.3, -0.25) is 4.98 Å². The van der Waals surface area contributed by atoms with Gasteiger partial charge in [0.1, 0.15) is 11.3 Å². The summed E-state index contributed by atoms with van der Waals surface area (Å²) in [4.78, 5) is 8.52. The first-order chi connectivity index (χ1) is 6.90. The summed E-state index contributed by atoms with van der Waals surface area (Å²) < 4.78 is 2.25. The molecular formula is C10H10ClN3. The number of alkyl halides is 1. The molecule has 1 fully saturated rings. The molecule has 1 aliphatic rings. The first-order valence-electron chi connectivity index (χ1n) is 4.77. The maximum absolute atomic E-state index is 5.87. The summed E-state index contributed by atoms with van der Waals surface area (Å²) in [5.41, 5.74) is 2.12. The zero-order valence-electron chi connectivity index (χ0n) is 7.65. The first-order valence-corrected chi connectivity index (χ1v) is 5.30. The summed E-state index contributed by atoms with van der Waals surface area (Å²) in [6.07, 6.45) is 6.10. The third kappa shape index (κ3) is 1.12. The summed E-state index contributed by atoms with van der Waals surface area (Å²) >= 11 is 5.87. The number of hydrogen-bond acceptors (Lipinski definition) is 2. The van der Waals surface area contributed by atoms with E-state index in [0.29, 0.717) is 11.9 Å². The van der Waals surface area contributed by atoms with Crippen LogP contribution in [0.1, 0.15) is 24.7 Å². The van der Waals surface area contributed by atoms with E-state index in [1.807, 2.05) is 6.07 Å². The van der Waals surface area contributed by atoms with Crippen LogP contribution in [-0.2, 0) is 5.88 Å². The number of fused-ring (bicyclic) bond motifs is 1. The van der Waals surface area contributed by atoms with Crippen LogP contribution < -0.4 is 0 Å². The Balaban J connectivity index is 2.29. The van der Waals surface area contributed by atoms with Crippen LogP contribution in [0.25, 0.3) is 11.0 Å². The Morgan fingerprint density at radius 2 is 2.36 bits per heavy atom. The summed E-state index contributed by atoms with van der Waals surface area (Å²) in [6, 6.07) is 2.63. The van der Waals surface area contributed by atoms with Crippen molar-refractivity contribution in [3.63, 3.8) is 0 Å². The molecule has 2 heterocycles. The Hall–Kier alpha value is -1.09. The summed E-state index contributed by atoms with van der Waals surface area (Å²) in [6.45, 7) is 0. The van der Waals surface area contributed by atoms with Crippen LogP contribution in [-0.4, -0.2) is 14.5 Å². The fourth-order valence-corrected chi connectivity index (χ4v) is 2.02. The number of rotatable bonds is 2. The largest absolute Gasteiger partial charge is 0.324 e. The van der Waals surface area contributed by atoms with Crippen LogP contribution in [0.5, 0.6) is 0 Å². The number of nitrogens with zero attached hydrogens (tertiary/aromatic N) is 3. The van der Waals surface area contributed by atoms with Crippen LogP contribution in [0.3, 0.4) is 0 Å². The highest BCUT2D eigenvalue weighted by atomic mass is 35.5. The number of pyridine rings is 1. The molecule has 3 nitrogen and oxygen atoms in total. The van der Waals surface area contributed by atoms with Crippen LogP contribution >= 0.6 is 11.6 Å². The third-order valence-electron chi connectivity index (χ3n) is 2.60. The molecule has 72 valence electrons. The van der Waals surface area contributed by atoms with E-state index in [2.05, 4.69) is 14.5 Å². The zero-order chi connectivity index (χ0) is 9.54. The first kappa shape index (κ1) is 8.24. The molecule has 1 aliphatic carbocycles. The predicted octanol–water partition coefficient (Wildman–Crippen LogP) is 2.51. The van der Waals surface area contributed by atoms with E-state index in [-0.39, 0.29) is 0 Å². The van der Waals surface area contributed by atoms with Gasteiger partial charge in [0.2, 0.25) is 0 Å². The lowest BCUT2D eigenvalue weighted by molar-refractivity contribution is 0.728. The van der Waals surface area contributed by atoms with Crippen LogP contribution in [0.2, 0.25) is 0 Å². The van der Waals surface area contributed by atoms with Crippen molar-refractivity contribution in [1.29, 1.82) is 0 Å². The predicted molar refractivity (Wildman–Crippen MR) is 55.4 cm³/mol. The van der Waals surface area contributed by atoms with E-state index in [9.17, 15) is 0 Å². The summed E-state index contributed by atoms with van der Waals surface area (Å²) in [5, 5.41) is 0. The molecule has 0 aliphatic heterocycles. The van der Waals surface area contributed by atoms with E-state index in [4.69, 9.17) is 11.6 Å². The van der Waals surface area contributed by atoms with Crippen molar-refractivity contribution in [3.8, 4) is 0 Å². The Morgan fingerprint density at radius 3 is 3.07 bits per heavy atom. The molecule has 0 N–H and O–H groups in total. The molecule has 0 atom stereocenters. The molecular weight excluding hydrogens is 198 g/mol. The molecule has 0 aromatic carbocycles. The number of aromatic nitrogens is 3. The SMILES string of the molecule is ClCc1nc2cnccc2n1C1CC1. The lowest BCUT2D eigenvalue weighted by atomic mass is 10.4. The Bertz CT molecular complexity index is 473. The summed E-state index contributed by atoms with van der Waals surface area (Å²) in [5.74, 6) is 1.45. The lowest BCUT2D eigenvalue weighted by Gasteiger charge is -2.03. The van der Waals surface area contributed by atoms with E-state index in [1.54, 1.807) is 12.4 Å². The van der Waals surface area contributed by atoms with Gasteiger partial charge in [0, 0.05) is 12.2 Å². The topological polar surface area (TPSA) is 30.7 Å². The second-order valence-corrected chi connectivity index (χ2v) is 3.89. The highest BCUT2D eigenvalue weighted by Crippen LogP contribution is 2.38. The molecule has 2 aromatic heterocycles. The molecule has 4 heteroatoms. The third-order valence-corrected chi connectivity index (χ3v) is 2.84. The maximum atomic E-state index is 5.87. The Kier molecular flexibility index (Phi) is 1.74. The van der Waals surface area contributed by atoms with Crippen molar-refractivity contribution in [2.75, 3.05) is 0 Å². The molecule has 0 bridgehead atoms. The van der Waals surface area contributed by atoms with Gasteiger partial charge in [-0.2, -0.15) is 0 Å². The second kappa shape index (κ2) is 2.95. The van der Waals surface area contributed by atoms with Crippen LogP contribution in [0.4, 0.5) is 0 Å². The molecule has 1 saturated carbocycles. The van der Waals surface area contributed by atoms with Crippen molar-refractivity contribution in [1.82, 2.24) is 14.5 Å². The molecule has 2 aromatic rings. The molecule has 0 unspecified atom stereocenters. The molecule has 3 rings (SSSR count). The average Bonchev–Trinajstić information content (AvgIpc) is 2.98. The van der Waals surface area contributed by atoms with Gasteiger partial charge >= 0.3 is 0 Å². The number of hydrogen-bond donors (Lipinski definition) is 0. The summed E-state index contributed by atoms with van der Waals surface area (Å²) in [7, 11) is 0. The van der Waals surface area contributed by atoms with Crippen molar-refractivity contribution in [2.24, 2.45) is 0 Å². The minimum absolute atomic E-state index is 0.477. The van der Waals surface area contributed by atoms with Gasteiger partial charge in [0.25, 0.3) is 0 Å². The van der Waals surface area contributed by atoms with Gasteiger partial charge in [-0.15, -0.1) is 11.6 Å². The minimum atomic E-state index is 0.477. The molecule has 0 radical (unpaired) electrons. The quantitative estimate of drug-likeness (QED) is 0.709. The van der Waals surface area contributed by atoms with E-state index in [1.165, 1.54) is 12.8 Å². The van der Waals surface area contributed by atoms with Crippen molar-refractivity contribution in [2.45, 2.75) is 24.8 Å². The number of halogens is 1. The Morgan fingerprint density at radius 1 is 1.50 bits per heavy atom. The molecule has 14 heavy (non-hydrogen) atoms. The highest BCUT2D eigenvalue weighted by molar-refractivity contribution is 6.16. The fraction of sp³-hybridized carbons (Fsp3) is 0.400. The van der Waals surface area contributed by atoms with Crippen LogP contribution in [0, 0.1) is 0 Å². The van der Waals surface area contributed by atoms with Gasteiger partial charge in [-0.05, 0) is 18.9 Å². The monoisotopic (exact) mass is 207 g/mol. The second-order valence-electron chi connectivity index (χ2n) is 3.63. The molecule has 0 saturated heterocycles. The Labute approximate surface area is 86.7 Å². The normalized spacial score (nSPS) is 16.4. The average molecular weight is 208 g/mol.